The van der Waals surface area contributed by atoms with Crippen LogP contribution in [-0.4, -0.2) is 104 Å². The number of hydrogen-bond acceptors (Lipinski definition) is 16. The molecule has 5 aromatic rings. The highest BCUT2D eigenvalue weighted by Gasteiger charge is 2.51. The van der Waals surface area contributed by atoms with E-state index in [1.807, 2.05) is 0 Å². The molecule has 4 aromatic heterocycles. The first-order chi connectivity index (χ1) is 27.2. The number of aromatic amines is 1. The average Bonchev–Trinajstić information content (AvgIpc) is 3.95. The molecule has 21 nitrogen and oxygen atoms in total. The summed E-state index contributed by atoms with van der Waals surface area (Å²) in [4.78, 5) is 84.3. The number of halogens is 1. The molecule has 3 saturated heterocycles. The van der Waals surface area contributed by atoms with Crippen LogP contribution >= 0.6 is 13.4 Å². The zero-order valence-electron chi connectivity index (χ0n) is 29.6. The van der Waals surface area contributed by atoms with Gasteiger partial charge in [-0.3, -0.25) is 38.3 Å². The van der Waals surface area contributed by atoms with Crippen molar-refractivity contribution in [3.63, 3.8) is 0 Å². The van der Waals surface area contributed by atoms with Crippen molar-refractivity contribution in [1.29, 1.82) is 0 Å². The molecule has 0 aliphatic carbocycles. The van der Waals surface area contributed by atoms with Gasteiger partial charge in [-0.05, 0) is 35.7 Å². The Morgan fingerprint density at radius 2 is 1.61 bits per heavy atom. The molecule has 0 spiro atoms. The van der Waals surface area contributed by atoms with Gasteiger partial charge < -0.3 is 38.1 Å². The highest BCUT2D eigenvalue weighted by molar-refractivity contribution is 8.07. The van der Waals surface area contributed by atoms with Gasteiger partial charge in [-0.25, -0.2) is 24.3 Å². The lowest BCUT2D eigenvalue weighted by molar-refractivity contribution is -0.118. The van der Waals surface area contributed by atoms with Gasteiger partial charge in [0.15, 0.2) is 40.5 Å². The van der Waals surface area contributed by atoms with E-state index in [1.54, 1.807) is 48.7 Å². The molecule has 2 bridgehead atoms. The fourth-order valence-corrected chi connectivity index (χ4v) is 9.25. The van der Waals surface area contributed by atoms with Gasteiger partial charge in [0.2, 0.25) is 11.9 Å². The Bertz CT molecular complexity index is 2510. The van der Waals surface area contributed by atoms with Crippen molar-refractivity contribution in [3.8, 4) is 0 Å². The van der Waals surface area contributed by atoms with Gasteiger partial charge in [-0.1, -0.05) is 32.0 Å². The number of benzene rings is 1. The second-order valence-corrected chi connectivity index (χ2v) is 18.9. The molecular formula is C31H33FN10O11P2S2. The molecule has 3 aliphatic rings. The van der Waals surface area contributed by atoms with Gasteiger partial charge in [0.05, 0.1) is 32.0 Å². The lowest BCUT2D eigenvalue weighted by atomic mass is 10.1. The number of hydrogen-bond donors (Lipinski definition) is 5. The third-order valence-corrected chi connectivity index (χ3v) is 12.3. The minimum absolute atomic E-state index is 0.0302. The van der Waals surface area contributed by atoms with Crippen LogP contribution in [0, 0.1) is 5.92 Å². The fraction of sp³-hybridized carbons (Fsp3) is 0.419. The highest BCUT2D eigenvalue weighted by Crippen LogP contribution is 2.54. The summed E-state index contributed by atoms with van der Waals surface area (Å²) in [6.45, 7) is -6.32. The molecule has 302 valence electrons. The van der Waals surface area contributed by atoms with Gasteiger partial charge in [0.1, 0.15) is 30.9 Å². The van der Waals surface area contributed by atoms with Crippen LogP contribution in [0.25, 0.3) is 22.3 Å². The van der Waals surface area contributed by atoms with Gasteiger partial charge in [-0.2, -0.15) is 4.98 Å². The maximum absolute atomic E-state index is 16.2. The van der Waals surface area contributed by atoms with Crippen LogP contribution in [0.2, 0.25) is 0 Å². The van der Waals surface area contributed by atoms with E-state index < -0.39 is 93.0 Å². The number of fused-ring (bicyclic) bond motifs is 5. The predicted octanol–water partition coefficient (Wildman–Crippen LogP) is 2.58. The molecule has 7 heterocycles. The minimum atomic E-state index is -4.33. The summed E-state index contributed by atoms with van der Waals surface area (Å²) in [6, 6.07) is 8.53. The van der Waals surface area contributed by atoms with Gasteiger partial charge >= 0.3 is 13.4 Å². The van der Waals surface area contributed by atoms with Gasteiger partial charge in [-0.15, -0.1) is 0 Å². The lowest BCUT2D eigenvalue weighted by Gasteiger charge is -2.27. The molecule has 57 heavy (non-hydrogen) atoms. The third-order valence-electron chi connectivity index (χ3n) is 9.18. The Kier molecular flexibility index (Phi) is 10.9. The largest absolute Gasteiger partial charge is 0.349 e. The first-order valence-electron chi connectivity index (χ1n) is 17.2. The standard InChI is InChI=1S/C31H33FN10O11P2S2/c1-14(2)27(43)39-31-38-26-22(29(45)40-31)36-13-42(26)30-23-20(32)18(51-30)10-49-54(46,56)52-16-8-19(50-17(16)9-48-55(47,57)53-23)41-12-35-21-24(33-11-34-25(21)41)37-28(44)15-6-4-3-5-7-15/h3-7,11-14,16-20,23,30H,8-10H2,1-2H3,(H,46,56)(H,47,57)(H,33,34,37,44)(H2,38,39,40,43,45). The molecule has 9 unspecified atom stereocenters. The van der Waals surface area contributed by atoms with E-state index in [4.69, 9.17) is 51.2 Å². The van der Waals surface area contributed by atoms with Crippen LogP contribution in [0.3, 0.4) is 0 Å². The summed E-state index contributed by atoms with van der Waals surface area (Å²) in [5, 5.41) is 5.23. The molecule has 2 amide bonds. The van der Waals surface area contributed by atoms with Crippen molar-refractivity contribution in [2.24, 2.45) is 5.92 Å². The molecule has 5 N–H and O–H groups in total. The summed E-state index contributed by atoms with van der Waals surface area (Å²) in [5.41, 5.74) is -0.0545. The van der Waals surface area contributed by atoms with Crippen LogP contribution in [0.5, 0.6) is 0 Å². The molecule has 0 radical (unpaired) electrons. The Morgan fingerprint density at radius 3 is 2.37 bits per heavy atom. The van der Waals surface area contributed by atoms with E-state index in [0.29, 0.717) is 5.56 Å². The number of imidazole rings is 2. The SMILES string of the molecule is CC(C)C(=O)Nc1nc2c(ncn2C2OC3COP(O)(=S)OC4CC(n5cnc6c(NC(=O)c7ccccc7)ncnc65)OC4COP(O)(=S)OC2C3F)c(=O)[nH]1. The van der Waals surface area contributed by atoms with Crippen LogP contribution in [-0.2, 0) is 56.0 Å². The number of ether oxygens (including phenoxy) is 2. The number of nitrogens with one attached hydrogen (secondary N) is 3. The zero-order chi connectivity index (χ0) is 40.2. The van der Waals surface area contributed by atoms with Crippen molar-refractivity contribution < 1.29 is 51.3 Å². The zero-order valence-corrected chi connectivity index (χ0v) is 33.1. The van der Waals surface area contributed by atoms with Crippen molar-refractivity contribution in [3.05, 3.63) is 65.2 Å². The van der Waals surface area contributed by atoms with E-state index in [-0.39, 0.29) is 40.5 Å². The number of rotatable bonds is 6. The van der Waals surface area contributed by atoms with Crippen molar-refractivity contribution in [2.75, 3.05) is 23.8 Å². The smallest absolute Gasteiger partial charge is 0.325 e. The van der Waals surface area contributed by atoms with Crippen molar-refractivity contribution in [1.82, 2.24) is 39.0 Å². The van der Waals surface area contributed by atoms with Gasteiger partial charge in [0.25, 0.3) is 11.5 Å². The van der Waals surface area contributed by atoms with E-state index in [1.165, 1.54) is 17.2 Å². The number of alkyl halides is 1. The maximum Gasteiger partial charge on any atom is 0.325 e. The number of H-pyrrole nitrogens is 1. The van der Waals surface area contributed by atoms with Crippen LogP contribution in [0.15, 0.2) is 54.1 Å². The number of carbonyl (C=O) groups excluding carboxylic acids is 2. The normalized spacial score (nSPS) is 30.7. The number of amides is 2. The van der Waals surface area contributed by atoms with Crippen LogP contribution < -0.4 is 16.2 Å². The molecule has 0 saturated carbocycles. The lowest BCUT2D eigenvalue weighted by Crippen LogP contribution is -2.32. The summed E-state index contributed by atoms with van der Waals surface area (Å²) in [5.74, 6) is -1.34. The monoisotopic (exact) mass is 866 g/mol. The highest BCUT2D eigenvalue weighted by atomic mass is 32.5. The Labute approximate surface area is 330 Å². The Balaban J connectivity index is 1.04. The topological polar surface area (TPSA) is 261 Å². The summed E-state index contributed by atoms with van der Waals surface area (Å²) < 4.78 is 54.1. The third kappa shape index (κ3) is 8.18. The number of carbonyl (C=O) groups is 2. The first kappa shape index (κ1) is 39.8. The van der Waals surface area contributed by atoms with E-state index in [0.717, 1.165) is 6.33 Å². The van der Waals surface area contributed by atoms with Crippen molar-refractivity contribution in [2.45, 2.75) is 63.3 Å². The Morgan fingerprint density at radius 1 is 0.912 bits per heavy atom. The number of nitrogens with zero attached hydrogens (tertiary/aromatic N) is 7. The molecule has 8 rings (SSSR count). The second kappa shape index (κ2) is 15.6. The van der Waals surface area contributed by atoms with Crippen molar-refractivity contribution >= 4 is 83.0 Å². The van der Waals surface area contributed by atoms with Crippen LogP contribution in [0.1, 0.15) is 43.1 Å². The van der Waals surface area contributed by atoms with Gasteiger partial charge in [0, 0.05) is 17.9 Å². The molecular weight excluding hydrogens is 833 g/mol. The average molecular weight is 867 g/mol. The van der Waals surface area contributed by atoms with E-state index >= 15 is 4.39 Å². The predicted molar refractivity (Wildman–Crippen MR) is 203 cm³/mol. The van der Waals surface area contributed by atoms with Crippen LogP contribution in [0.4, 0.5) is 16.2 Å². The summed E-state index contributed by atoms with van der Waals surface area (Å²) in [7, 11) is 0. The maximum atomic E-state index is 16.2. The van der Waals surface area contributed by atoms with E-state index in [2.05, 4.69) is 40.5 Å². The molecule has 1 aromatic carbocycles. The number of anilines is 2. The second-order valence-electron chi connectivity index (χ2n) is 13.4. The quantitative estimate of drug-likeness (QED) is 0.154. The fourth-order valence-electron chi connectivity index (χ4n) is 6.37. The first-order valence-corrected chi connectivity index (χ1v) is 22.4. The Hall–Kier alpha value is -4.03. The molecule has 3 aliphatic heterocycles. The molecule has 9 atom stereocenters. The molecule has 26 heteroatoms. The van der Waals surface area contributed by atoms with E-state index in [9.17, 15) is 24.2 Å². The summed E-state index contributed by atoms with van der Waals surface area (Å²) >= 11 is 10.6. The number of aromatic nitrogens is 8. The minimum Gasteiger partial charge on any atom is -0.349 e. The molecule has 3 fully saturated rings. The summed E-state index contributed by atoms with van der Waals surface area (Å²) in [6.07, 6.45) is -5.80.